The number of nitrogens with two attached hydrogens (primary N) is 1. The van der Waals surface area contributed by atoms with Gasteiger partial charge < -0.3 is 5.73 Å². The quantitative estimate of drug-likeness (QED) is 0.693. The largest absolute Gasteiger partial charge is 0.343 e. The van der Waals surface area contributed by atoms with Crippen molar-refractivity contribution in [2.24, 2.45) is 5.73 Å². The van der Waals surface area contributed by atoms with E-state index < -0.39 is 0 Å². The van der Waals surface area contributed by atoms with Crippen molar-refractivity contribution in [3.63, 3.8) is 0 Å². The van der Waals surface area contributed by atoms with Gasteiger partial charge in [0.05, 0.1) is 6.04 Å². The second kappa shape index (κ2) is 4.23. The minimum atomic E-state index is -0.137. The van der Waals surface area contributed by atoms with Crippen LogP contribution in [0.5, 0.6) is 0 Å². The maximum atomic E-state index is 11.3. The zero-order chi connectivity index (χ0) is 9.84. The summed E-state index contributed by atoms with van der Waals surface area (Å²) in [6.07, 6.45) is 1.59. The van der Waals surface area contributed by atoms with Crippen molar-refractivity contribution in [1.29, 1.82) is 0 Å². The molecule has 0 fully saturated rings. The van der Waals surface area contributed by atoms with E-state index in [1.54, 1.807) is 0 Å². The second-order valence-electron chi connectivity index (χ2n) is 3.31. The van der Waals surface area contributed by atoms with Gasteiger partial charge >= 0.3 is 5.69 Å². The van der Waals surface area contributed by atoms with Crippen molar-refractivity contribution in [2.75, 3.05) is 6.54 Å². The van der Waals surface area contributed by atoms with Gasteiger partial charge in [-0.2, -0.15) is 5.10 Å². The van der Waals surface area contributed by atoms with Gasteiger partial charge in [0.15, 0.2) is 0 Å². The molecule has 0 aliphatic heterocycles. The molecule has 0 saturated carbocycles. The average Bonchev–Trinajstić information content (AvgIpc) is 2.43. The molecule has 0 bridgehead atoms. The molecular weight excluding hydrogens is 168 g/mol. The van der Waals surface area contributed by atoms with Crippen LogP contribution in [0, 0.1) is 0 Å². The zero-order valence-electron chi connectivity index (χ0n) is 8.08. The Morgan fingerprint density at radius 1 is 1.62 bits per heavy atom. The van der Waals surface area contributed by atoms with E-state index in [0.29, 0.717) is 6.54 Å². The van der Waals surface area contributed by atoms with Crippen LogP contribution in [-0.4, -0.2) is 21.3 Å². The standard InChI is InChI=1S/C8H16N4O/c1-6(2)12-8(13)10-7(11-12)4-3-5-9/h6H,3-5,9H2,1-2H3,(H,10,11,13). The number of aromatic nitrogens is 3. The van der Waals surface area contributed by atoms with Crippen LogP contribution in [0.15, 0.2) is 4.79 Å². The van der Waals surface area contributed by atoms with E-state index >= 15 is 0 Å². The molecule has 1 rings (SSSR count). The van der Waals surface area contributed by atoms with Crippen molar-refractivity contribution in [3.05, 3.63) is 16.3 Å². The molecule has 0 saturated heterocycles. The molecule has 5 heteroatoms. The predicted octanol–water partition coefficient (Wildman–Crippen LogP) is 0.0436. The summed E-state index contributed by atoms with van der Waals surface area (Å²) >= 11 is 0. The Morgan fingerprint density at radius 3 is 2.77 bits per heavy atom. The molecule has 3 N–H and O–H groups in total. The summed E-state index contributed by atoms with van der Waals surface area (Å²) < 4.78 is 1.45. The van der Waals surface area contributed by atoms with Gasteiger partial charge in [-0.1, -0.05) is 0 Å². The summed E-state index contributed by atoms with van der Waals surface area (Å²) in [4.78, 5) is 14.0. The van der Waals surface area contributed by atoms with E-state index in [1.807, 2.05) is 13.8 Å². The monoisotopic (exact) mass is 184 g/mol. The molecule has 0 radical (unpaired) electrons. The number of nitrogens with one attached hydrogen (secondary N) is 1. The summed E-state index contributed by atoms with van der Waals surface area (Å²) in [5.74, 6) is 0.726. The first kappa shape index (κ1) is 9.98. The number of H-pyrrole nitrogens is 1. The van der Waals surface area contributed by atoms with E-state index in [-0.39, 0.29) is 11.7 Å². The Bertz CT molecular complexity index is 312. The van der Waals surface area contributed by atoms with Gasteiger partial charge in [0.2, 0.25) is 0 Å². The molecule has 1 heterocycles. The molecule has 13 heavy (non-hydrogen) atoms. The molecule has 0 spiro atoms. The molecule has 0 atom stereocenters. The summed E-state index contributed by atoms with van der Waals surface area (Å²) in [5.41, 5.74) is 5.22. The Balaban J connectivity index is 2.77. The van der Waals surface area contributed by atoms with Crippen molar-refractivity contribution in [2.45, 2.75) is 32.7 Å². The van der Waals surface area contributed by atoms with Crippen LogP contribution in [0.4, 0.5) is 0 Å². The maximum Gasteiger partial charge on any atom is 0.343 e. The van der Waals surface area contributed by atoms with Crippen LogP contribution in [0.25, 0.3) is 0 Å². The Hall–Kier alpha value is -1.10. The van der Waals surface area contributed by atoms with Crippen LogP contribution < -0.4 is 11.4 Å². The lowest BCUT2D eigenvalue weighted by Gasteiger charge is -2.00. The highest BCUT2D eigenvalue weighted by atomic mass is 16.2. The first-order valence-electron chi connectivity index (χ1n) is 4.53. The van der Waals surface area contributed by atoms with Crippen LogP contribution in [0.3, 0.4) is 0 Å². The normalized spacial score (nSPS) is 11.1. The highest BCUT2D eigenvalue weighted by Gasteiger charge is 2.06. The van der Waals surface area contributed by atoms with Gasteiger partial charge in [-0.05, 0) is 26.8 Å². The molecule has 0 aliphatic rings. The summed E-state index contributed by atoms with van der Waals surface area (Å²) in [6, 6.07) is 0.107. The Kier molecular flexibility index (Phi) is 3.25. The number of rotatable bonds is 4. The highest BCUT2D eigenvalue weighted by Crippen LogP contribution is 1.98. The maximum absolute atomic E-state index is 11.3. The highest BCUT2D eigenvalue weighted by molar-refractivity contribution is 4.83. The van der Waals surface area contributed by atoms with Gasteiger partial charge in [-0.3, -0.25) is 4.98 Å². The lowest BCUT2D eigenvalue weighted by molar-refractivity contribution is 0.509. The molecule has 74 valence electrons. The molecule has 0 unspecified atom stereocenters. The van der Waals surface area contributed by atoms with Crippen LogP contribution in [-0.2, 0) is 6.42 Å². The summed E-state index contributed by atoms with van der Waals surface area (Å²) in [6.45, 7) is 4.47. The topological polar surface area (TPSA) is 76.7 Å². The molecule has 0 aliphatic carbocycles. The minimum Gasteiger partial charge on any atom is -0.330 e. The first-order valence-corrected chi connectivity index (χ1v) is 4.53. The van der Waals surface area contributed by atoms with Crippen LogP contribution in [0.2, 0.25) is 0 Å². The smallest absolute Gasteiger partial charge is 0.330 e. The van der Waals surface area contributed by atoms with Crippen LogP contribution in [0.1, 0.15) is 32.1 Å². The number of hydrogen-bond donors (Lipinski definition) is 2. The van der Waals surface area contributed by atoms with E-state index in [9.17, 15) is 4.79 Å². The zero-order valence-corrected chi connectivity index (χ0v) is 8.08. The lowest BCUT2D eigenvalue weighted by Crippen LogP contribution is -2.19. The number of aromatic amines is 1. The average molecular weight is 184 g/mol. The number of aryl methyl sites for hydroxylation is 1. The van der Waals surface area contributed by atoms with Gasteiger partial charge in [-0.25, -0.2) is 9.48 Å². The van der Waals surface area contributed by atoms with E-state index in [4.69, 9.17) is 5.73 Å². The van der Waals surface area contributed by atoms with Crippen molar-refractivity contribution < 1.29 is 0 Å². The Labute approximate surface area is 76.9 Å². The predicted molar refractivity (Wildman–Crippen MR) is 50.6 cm³/mol. The summed E-state index contributed by atoms with van der Waals surface area (Å²) in [7, 11) is 0. The molecular formula is C8H16N4O. The third-order valence-electron chi connectivity index (χ3n) is 1.79. The van der Waals surface area contributed by atoms with Gasteiger partial charge in [0.25, 0.3) is 0 Å². The van der Waals surface area contributed by atoms with E-state index in [1.165, 1.54) is 4.68 Å². The fraction of sp³-hybridized carbons (Fsp3) is 0.750. The van der Waals surface area contributed by atoms with Gasteiger partial charge in [0, 0.05) is 6.42 Å². The molecule has 0 aromatic carbocycles. The molecule has 5 nitrogen and oxygen atoms in total. The first-order chi connectivity index (χ1) is 6.15. The van der Waals surface area contributed by atoms with Crippen LogP contribution >= 0.6 is 0 Å². The van der Waals surface area contributed by atoms with E-state index in [0.717, 1.165) is 18.7 Å². The van der Waals surface area contributed by atoms with Gasteiger partial charge in [-0.15, -0.1) is 0 Å². The fourth-order valence-corrected chi connectivity index (χ4v) is 1.11. The minimum absolute atomic E-state index is 0.107. The number of hydrogen-bond acceptors (Lipinski definition) is 3. The molecule has 1 aromatic rings. The van der Waals surface area contributed by atoms with Crippen molar-refractivity contribution >= 4 is 0 Å². The molecule has 1 aromatic heterocycles. The number of nitrogens with zero attached hydrogens (tertiary/aromatic N) is 2. The van der Waals surface area contributed by atoms with Crippen molar-refractivity contribution in [3.8, 4) is 0 Å². The van der Waals surface area contributed by atoms with Gasteiger partial charge in [0.1, 0.15) is 5.82 Å². The fourth-order valence-electron chi connectivity index (χ4n) is 1.11. The SMILES string of the molecule is CC(C)n1nc(CCCN)[nH]c1=O. The Morgan fingerprint density at radius 2 is 2.31 bits per heavy atom. The second-order valence-corrected chi connectivity index (χ2v) is 3.31. The van der Waals surface area contributed by atoms with Crippen molar-refractivity contribution in [1.82, 2.24) is 14.8 Å². The third kappa shape index (κ3) is 2.42. The van der Waals surface area contributed by atoms with E-state index in [2.05, 4.69) is 10.1 Å². The molecule has 0 amide bonds. The third-order valence-corrected chi connectivity index (χ3v) is 1.79. The summed E-state index contributed by atoms with van der Waals surface area (Å²) in [5, 5.41) is 4.14. The lowest BCUT2D eigenvalue weighted by atomic mass is 10.3.